The van der Waals surface area contributed by atoms with Gasteiger partial charge in [0.15, 0.2) is 0 Å². The lowest BCUT2D eigenvalue weighted by atomic mass is 9.54. The number of amides is 1. The van der Waals surface area contributed by atoms with Crippen LogP contribution in [-0.4, -0.2) is 48.0 Å². The maximum atomic E-state index is 13.1. The lowest BCUT2D eigenvalue weighted by Crippen LogP contribution is -2.44. The van der Waals surface area contributed by atoms with Gasteiger partial charge in [-0.1, -0.05) is 29.7 Å². The first-order valence-corrected chi connectivity index (χ1v) is 14.7. The average molecular weight is 513 g/mol. The summed E-state index contributed by atoms with van der Waals surface area (Å²) in [6.07, 6.45) is 11.3. The minimum Gasteiger partial charge on any atom is -0.411 e. The highest BCUT2D eigenvalue weighted by atomic mass is 35.5. The van der Waals surface area contributed by atoms with Gasteiger partial charge in [-0.15, -0.1) is 0 Å². The minimum atomic E-state index is -0.0150. The fourth-order valence-electron chi connectivity index (χ4n) is 9.09. The number of halogens is 1. The Balaban J connectivity index is 1.13. The van der Waals surface area contributed by atoms with Gasteiger partial charge in [0, 0.05) is 43.2 Å². The molecule has 2 saturated heterocycles. The molecule has 1 amide bonds. The molecule has 4 fully saturated rings. The number of oxime groups is 1. The maximum absolute atomic E-state index is 13.1. The molecule has 196 valence electrons. The first-order valence-electron chi connectivity index (χ1n) is 14.3. The number of hydrogen-bond donors (Lipinski definition) is 1. The summed E-state index contributed by atoms with van der Waals surface area (Å²) in [6.45, 7) is 5.88. The van der Waals surface area contributed by atoms with Crippen LogP contribution in [0.25, 0.3) is 0 Å². The Hall–Kier alpha value is -1.59. The van der Waals surface area contributed by atoms with E-state index < -0.39 is 0 Å². The summed E-state index contributed by atoms with van der Waals surface area (Å²) in [5.74, 6) is 2.55. The van der Waals surface area contributed by atoms with E-state index >= 15 is 0 Å². The molecule has 36 heavy (non-hydrogen) atoms. The molecule has 3 aliphatic carbocycles. The first kappa shape index (κ1) is 24.7. The molecule has 5 nitrogen and oxygen atoms in total. The van der Waals surface area contributed by atoms with Crippen molar-refractivity contribution < 1.29 is 14.7 Å². The lowest BCUT2D eigenvalue weighted by molar-refractivity contribution is -0.131. The number of benzene rings is 1. The van der Waals surface area contributed by atoms with Crippen LogP contribution >= 0.6 is 11.6 Å². The van der Waals surface area contributed by atoms with E-state index in [2.05, 4.69) is 35.2 Å². The van der Waals surface area contributed by atoms with E-state index in [1.54, 1.807) is 0 Å². The minimum absolute atomic E-state index is 0.0150. The quantitative estimate of drug-likeness (QED) is 0.372. The predicted octanol–water partition coefficient (Wildman–Crippen LogP) is 6.45. The van der Waals surface area contributed by atoms with Crippen molar-refractivity contribution in [2.24, 2.45) is 33.7 Å². The SMILES string of the molecule is C[C@]12CCC3c4ccc(Cl)cc4CCC3C1[C@H](CCCC(=O)N1CCC3(CCOCC3)C1)C/C2=N\O. The zero-order chi connectivity index (χ0) is 24.9. The van der Waals surface area contributed by atoms with Crippen LogP contribution in [0.3, 0.4) is 0 Å². The fourth-order valence-corrected chi connectivity index (χ4v) is 9.28. The number of aryl methyl sites for hydroxylation is 1. The second-order valence-electron chi connectivity index (χ2n) is 12.7. The van der Waals surface area contributed by atoms with Crippen LogP contribution in [0.5, 0.6) is 0 Å². The van der Waals surface area contributed by atoms with Gasteiger partial charge in [-0.25, -0.2) is 0 Å². The highest BCUT2D eigenvalue weighted by Crippen LogP contribution is 2.62. The molecule has 2 heterocycles. The van der Waals surface area contributed by atoms with Crippen molar-refractivity contribution in [3.63, 3.8) is 0 Å². The van der Waals surface area contributed by atoms with Crippen LogP contribution in [0.4, 0.5) is 0 Å². The summed E-state index contributed by atoms with van der Waals surface area (Å²) in [4.78, 5) is 15.3. The summed E-state index contributed by atoms with van der Waals surface area (Å²) in [5.41, 5.74) is 4.23. The van der Waals surface area contributed by atoms with Crippen molar-refractivity contribution in [3.8, 4) is 0 Å². The summed E-state index contributed by atoms with van der Waals surface area (Å²) in [7, 11) is 0. The van der Waals surface area contributed by atoms with Crippen LogP contribution in [0, 0.1) is 28.6 Å². The second-order valence-corrected chi connectivity index (χ2v) is 13.2. The van der Waals surface area contributed by atoms with Crippen molar-refractivity contribution in [2.75, 3.05) is 26.3 Å². The van der Waals surface area contributed by atoms with E-state index in [0.29, 0.717) is 41.4 Å². The van der Waals surface area contributed by atoms with Gasteiger partial charge < -0.3 is 14.8 Å². The van der Waals surface area contributed by atoms with Crippen molar-refractivity contribution in [1.29, 1.82) is 0 Å². The predicted molar refractivity (Wildman–Crippen MR) is 142 cm³/mol. The fraction of sp³-hybridized carbons (Fsp3) is 0.733. The summed E-state index contributed by atoms with van der Waals surface area (Å²) >= 11 is 6.32. The number of fused-ring (bicyclic) bond motifs is 5. The Morgan fingerprint density at radius 1 is 1.22 bits per heavy atom. The van der Waals surface area contributed by atoms with E-state index in [0.717, 1.165) is 94.8 Å². The van der Waals surface area contributed by atoms with Gasteiger partial charge in [0.25, 0.3) is 0 Å². The molecule has 1 aromatic carbocycles. The van der Waals surface area contributed by atoms with Crippen LogP contribution in [0.1, 0.15) is 88.2 Å². The van der Waals surface area contributed by atoms with Gasteiger partial charge in [0.05, 0.1) is 5.71 Å². The van der Waals surface area contributed by atoms with Gasteiger partial charge in [-0.2, -0.15) is 0 Å². The summed E-state index contributed by atoms with van der Waals surface area (Å²) in [5, 5.41) is 14.6. The molecule has 5 aliphatic rings. The topological polar surface area (TPSA) is 62.1 Å². The van der Waals surface area contributed by atoms with E-state index in [4.69, 9.17) is 16.3 Å². The Labute approximate surface area is 220 Å². The van der Waals surface area contributed by atoms with E-state index in [1.807, 2.05) is 0 Å². The van der Waals surface area contributed by atoms with Gasteiger partial charge in [0.2, 0.25) is 5.91 Å². The van der Waals surface area contributed by atoms with Gasteiger partial charge >= 0.3 is 0 Å². The van der Waals surface area contributed by atoms with Crippen molar-refractivity contribution in [3.05, 3.63) is 34.3 Å². The number of hydrogen-bond acceptors (Lipinski definition) is 4. The summed E-state index contributed by atoms with van der Waals surface area (Å²) < 4.78 is 5.57. The molecule has 1 N–H and O–H groups in total. The Morgan fingerprint density at radius 3 is 2.86 bits per heavy atom. The molecule has 2 saturated carbocycles. The first-order chi connectivity index (χ1) is 17.4. The number of nitrogens with zero attached hydrogens (tertiary/aromatic N) is 2. The zero-order valence-electron chi connectivity index (χ0n) is 21.7. The molecule has 0 aromatic heterocycles. The number of likely N-dealkylation sites (tertiary alicyclic amines) is 1. The molecule has 5 atom stereocenters. The Morgan fingerprint density at radius 2 is 2.06 bits per heavy atom. The molecule has 6 heteroatoms. The average Bonchev–Trinajstić information content (AvgIpc) is 3.42. The van der Waals surface area contributed by atoms with E-state index in [1.165, 1.54) is 17.5 Å². The Kier molecular flexibility index (Phi) is 6.61. The number of rotatable bonds is 4. The molecule has 1 aromatic rings. The van der Waals surface area contributed by atoms with Gasteiger partial charge in [0.1, 0.15) is 0 Å². The molecule has 1 spiro atoms. The van der Waals surface area contributed by atoms with E-state index in [9.17, 15) is 10.0 Å². The Bertz CT molecular complexity index is 1040. The highest BCUT2D eigenvalue weighted by Gasteiger charge is 2.57. The van der Waals surface area contributed by atoms with E-state index in [-0.39, 0.29) is 5.41 Å². The number of carbonyl (C=O) groups is 1. The zero-order valence-corrected chi connectivity index (χ0v) is 22.4. The third-order valence-electron chi connectivity index (χ3n) is 11.0. The molecule has 0 radical (unpaired) electrons. The van der Waals surface area contributed by atoms with Gasteiger partial charge in [-0.05, 0) is 117 Å². The van der Waals surface area contributed by atoms with Crippen LogP contribution < -0.4 is 0 Å². The van der Waals surface area contributed by atoms with Crippen molar-refractivity contribution >= 4 is 23.2 Å². The molecular weight excluding hydrogens is 472 g/mol. The maximum Gasteiger partial charge on any atom is 0.222 e. The number of carbonyl (C=O) groups excluding carboxylic acids is 1. The van der Waals surface area contributed by atoms with Crippen LogP contribution in [0.2, 0.25) is 5.02 Å². The third kappa shape index (κ3) is 4.18. The third-order valence-corrected chi connectivity index (χ3v) is 11.2. The molecule has 6 rings (SSSR count). The smallest absolute Gasteiger partial charge is 0.222 e. The van der Waals surface area contributed by atoms with Crippen molar-refractivity contribution in [2.45, 2.75) is 83.5 Å². The monoisotopic (exact) mass is 512 g/mol. The molecular formula is C30H41ClN2O3. The lowest BCUT2D eigenvalue weighted by Gasteiger charge is -2.50. The van der Waals surface area contributed by atoms with Crippen molar-refractivity contribution in [1.82, 2.24) is 4.90 Å². The largest absolute Gasteiger partial charge is 0.411 e. The standard InChI is InChI=1S/C30H41ClN2O3/c1-29-10-9-24-23-8-6-22(31)17-20(23)5-7-25(24)28(29)21(18-26(29)32-35)3-2-4-27(34)33-14-11-30(19-33)12-15-36-16-13-30/h6,8,17,21,24-25,28,35H,2-5,7,9-16,18-19H2,1H3/b32-26+/t21-,24?,25?,28?,29-/m1/s1. The molecule has 2 aliphatic heterocycles. The second kappa shape index (κ2) is 9.62. The molecule has 3 unspecified atom stereocenters. The van der Waals surface area contributed by atoms with Gasteiger partial charge in [-0.3, -0.25) is 4.79 Å². The summed E-state index contributed by atoms with van der Waals surface area (Å²) in [6, 6.07) is 6.49. The number of ether oxygens (including phenoxy) is 1. The molecule has 0 bridgehead atoms. The highest BCUT2D eigenvalue weighted by molar-refractivity contribution is 6.30. The van der Waals surface area contributed by atoms with Crippen LogP contribution in [0.15, 0.2) is 23.4 Å². The normalized spacial score (nSPS) is 36.1. The van der Waals surface area contributed by atoms with Crippen LogP contribution in [-0.2, 0) is 16.0 Å².